The van der Waals surface area contributed by atoms with Crippen LogP contribution in [-0.2, 0) is 16.6 Å². The Balaban J connectivity index is 1.98. The second-order valence-electron chi connectivity index (χ2n) is 5.21. The van der Waals surface area contributed by atoms with E-state index in [1.807, 2.05) is 0 Å². The van der Waals surface area contributed by atoms with Crippen molar-refractivity contribution in [3.05, 3.63) is 47.7 Å². The lowest BCUT2D eigenvalue weighted by Gasteiger charge is -2.09. The van der Waals surface area contributed by atoms with Gasteiger partial charge in [-0.05, 0) is 24.6 Å². The summed E-state index contributed by atoms with van der Waals surface area (Å²) in [6.07, 6.45) is 0.286. The van der Waals surface area contributed by atoms with Crippen LogP contribution in [0.5, 0.6) is 0 Å². The summed E-state index contributed by atoms with van der Waals surface area (Å²) >= 11 is 0. The van der Waals surface area contributed by atoms with Gasteiger partial charge in [0.05, 0.1) is 11.0 Å². The van der Waals surface area contributed by atoms with Crippen LogP contribution in [0.2, 0.25) is 0 Å². The second kappa shape index (κ2) is 7.09. The number of sulfonamides is 1. The molecule has 2 atom stereocenters. The molecular formula is C14H18N4O5S. The number of rotatable bonds is 6. The smallest absolute Gasteiger partial charge is 0.273 e. The Morgan fingerprint density at radius 3 is 2.54 bits per heavy atom. The molecule has 2 unspecified atom stereocenters. The number of carbonyl (C=O) groups excluding carboxylic acids is 1. The summed E-state index contributed by atoms with van der Waals surface area (Å²) in [5.74, 6) is -0.425. The second-order valence-corrected chi connectivity index (χ2v) is 6.77. The molecule has 0 bridgehead atoms. The van der Waals surface area contributed by atoms with Crippen LogP contribution in [0.1, 0.15) is 34.9 Å². The summed E-state index contributed by atoms with van der Waals surface area (Å²) in [7, 11) is -3.75. The van der Waals surface area contributed by atoms with Crippen molar-refractivity contribution in [1.29, 1.82) is 0 Å². The number of carbonyl (C=O) groups is 1. The first-order valence-electron chi connectivity index (χ1n) is 6.97. The number of nitrogens with two attached hydrogens (primary N) is 2. The maximum absolute atomic E-state index is 12.0. The minimum absolute atomic E-state index is 0.00849. The molecule has 9 nitrogen and oxygen atoms in total. The van der Waals surface area contributed by atoms with Crippen molar-refractivity contribution in [3.8, 4) is 0 Å². The lowest BCUT2D eigenvalue weighted by Crippen LogP contribution is -2.25. The van der Waals surface area contributed by atoms with Gasteiger partial charge in [0.1, 0.15) is 12.3 Å². The average molecular weight is 354 g/mol. The van der Waals surface area contributed by atoms with Crippen molar-refractivity contribution >= 4 is 15.9 Å². The van der Waals surface area contributed by atoms with Crippen LogP contribution in [0.3, 0.4) is 0 Å². The number of benzene rings is 1. The van der Waals surface area contributed by atoms with Crippen molar-refractivity contribution < 1.29 is 22.7 Å². The van der Waals surface area contributed by atoms with E-state index in [-0.39, 0.29) is 23.0 Å². The minimum Gasteiger partial charge on any atom is -0.446 e. The van der Waals surface area contributed by atoms with Crippen molar-refractivity contribution in [2.45, 2.75) is 30.5 Å². The summed E-state index contributed by atoms with van der Waals surface area (Å²) in [4.78, 5) is 15.9. The van der Waals surface area contributed by atoms with Crippen LogP contribution in [0.15, 0.2) is 39.8 Å². The summed E-state index contributed by atoms with van der Waals surface area (Å²) in [6.45, 7) is 1.65. The Hall–Kier alpha value is -2.27. The Labute approximate surface area is 138 Å². The van der Waals surface area contributed by atoms with E-state index in [0.29, 0.717) is 5.56 Å². The van der Waals surface area contributed by atoms with E-state index in [2.05, 4.69) is 10.3 Å². The number of aromatic nitrogens is 1. The Bertz CT molecular complexity index is 814. The normalized spacial score (nSPS) is 14.2. The Morgan fingerprint density at radius 1 is 1.38 bits per heavy atom. The molecule has 0 aliphatic rings. The number of nitrogens with one attached hydrogen (secondary N) is 1. The maximum Gasteiger partial charge on any atom is 0.273 e. The molecule has 0 aliphatic carbocycles. The lowest BCUT2D eigenvalue weighted by molar-refractivity contribution is 0.0945. The number of hydrogen-bond acceptors (Lipinski definition) is 7. The summed E-state index contributed by atoms with van der Waals surface area (Å²) in [5, 5.41) is 17.0. The Kier molecular flexibility index (Phi) is 5.34. The molecule has 10 heteroatoms. The number of aliphatic hydroxyl groups is 1. The van der Waals surface area contributed by atoms with E-state index in [9.17, 15) is 18.3 Å². The summed E-state index contributed by atoms with van der Waals surface area (Å²) in [6, 6.07) is 4.96. The zero-order chi connectivity index (χ0) is 17.9. The minimum atomic E-state index is -3.75. The number of oxazole rings is 1. The van der Waals surface area contributed by atoms with Gasteiger partial charge in [-0.3, -0.25) is 4.79 Å². The van der Waals surface area contributed by atoms with Crippen molar-refractivity contribution in [2.24, 2.45) is 10.9 Å². The maximum atomic E-state index is 12.0. The monoisotopic (exact) mass is 354 g/mol. The highest BCUT2D eigenvalue weighted by Gasteiger charge is 2.20. The fourth-order valence-electron chi connectivity index (χ4n) is 1.82. The number of hydrogen-bond donors (Lipinski definition) is 4. The van der Waals surface area contributed by atoms with Gasteiger partial charge in [0.25, 0.3) is 5.91 Å². The third-order valence-electron chi connectivity index (χ3n) is 3.26. The molecule has 0 spiro atoms. The van der Waals surface area contributed by atoms with E-state index in [1.54, 1.807) is 0 Å². The van der Waals surface area contributed by atoms with Crippen molar-refractivity contribution in [1.82, 2.24) is 10.3 Å². The molecule has 0 fully saturated rings. The van der Waals surface area contributed by atoms with Gasteiger partial charge in [0.2, 0.25) is 15.9 Å². The molecule has 2 rings (SSSR count). The quantitative estimate of drug-likeness (QED) is 0.550. The molecule has 0 saturated carbocycles. The zero-order valence-electron chi connectivity index (χ0n) is 12.8. The van der Waals surface area contributed by atoms with E-state index in [4.69, 9.17) is 15.3 Å². The third kappa shape index (κ3) is 4.38. The first kappa shape index (κ1) is 18.1. The molecule has 130 valence electrons. The number of amides is 1. The molecule has 1 aromatic carbocycles. The van der Waals surface area contributed by atoms with Crippen LogP contribution in [-0.4, -0.2) is 30.5 Å². The van der Waals surface area contributed by atoms with Crippen molar-refractivity contribution in [3.63, 3.8) is 0 Å². The fourth-order valence-corrected chi connectivity index (χ4v) is 2.34. The van der Waals surface area contributed by atoms with E-state index >= 15 is 0 Å². The zero-order valence-corrected chi connectivity index (χ0v) is 13.7. The van der Waals surface area contributed by atoms with Gasteiger partial charge in [0.15, 0.2) is 5.69 Å². The van der Waals surface area contributed by atoms with Gasteiger partial charge in [-0.2, -0.15) is 0 Å². The highest BCUT2D eigenvalue weighted by atomic mass is 32.2. The summed E-state index contributed by atoms with van der Waals surface area (Å²) < 4.78 is 27.4. The largest absolute Gasteiger partial charge is 0.446 e. The summed E-state index contributed by atoms with van der Waals surface area (Å²) in [5.41, 5.74) is 6.38. The molecule has 24 heavy (non-hydrogen) atoms. The number of primary sulfonamides is 1. The molecule has 2 aromatic rings. The van der Waals surface area contributed by atoms with Crippen LogP contribution in [0.4, 0.5) is 0 Å². The van der Waals surface area contributed by atoms with Gasteiger partial charge in [-0.1, -0.05) is 12.1 Å². The highest BCUT2D eigenvalue weighted by Crippen LogP contribution is 2.14. The molecule has 1 aromatic heterocycles. The molecule has 0 aliphatic heterocycles. The highest BCUT2D eigenvalue weighted by molar-refractivity contribution is 7.89. The van der Waals surface area contributed by atoms with E-state index in [1.165, 1.54) is 31.2 Å². The third-order valence-corrected chi connectivity index (χ3v) is 4.19. The SMILES string of the molecule is CC(O)C(N)c1nc(C(=O)NCc2ccc(S(N)(=O)=O)cc2)co1. The van der Waals surface area contributed by atoms with Crippen LogP contribution < -0.4 is 16.2 Å². The Morgan fingerprint density at radius 2 is 2.00 bits per heavy atom. The molecule has 0 saturated heterocycles. The van der Waals surface area contributed by atoms with E-state index in [0.717, 1.165) is 6.26 Å². The van der Waals surface area contributed by atoms with Crippen molar-refractivity contribution in [2.75, 3.05) is 0 Å². The molecule has 0 radical (unpaired) electrons. The lowest BCUT2D eigenvalue weighted by atomic mass is 10.2. The van der Waals surface area contributed by atoms with Crippen LogP contribution >= 0.6 is 0 Å². The first-order chi connectivity index (χ1) is 11.2. The molecular weight excluding hydrogens is 336 g/mol. The molecule has 6 N–H and O–H groups in total. The van der Waals surface area contributed by atoms with E-state index < -0.39 is 28.1 Å². The van der Waals surface area contributed by atoms with Gasteiger partial charge in [-0.25, -0.2) is 18.5 Å². The molecule has 1 heterocycles. The van der Waals surface area contributed by atoms with Gasteiger partial charge >= 0.3 is 0 Å². The first-order valence-corrected chi connectivity index (χ1v) is 8.52. The average Bonchev–Trinajstić information content (AvgIpc) is 3.01. The van der Waals surface area contributed by atoms with Gasteiger partial charge in [-0.15, -0.1) is 0 Å². The van der Waals surface area contributed by atoms with Gasteiger partial charge in [0, 0.05) is 6.54 Å². The van der Waals surface area contributed by atoms with Crippen LogP contribution in [0.25, 0.3) is 0 Å². The number of nitrogens with zero attached hydrogens (tertiary/aromatic N) is 1. The predicted molar refractivity (Wildman–Crippen MR) is 84.1 cm³/mol. The standard InChI is InChI=1S/C14H18N4O5S/c1-8(19)12(15)14-18-11(7-23-14)13(20)17-6-9-2-4-10(5-3-9)24(16,21)22/h2-5,7-8,12,19H,6,15H2,1H3,(H,17,20)(H2,16,21,22). The fraction of sp³-hybridized carbons (Fsp3) is 0.286. The topological polar surface area (TPSA) is 162 Å². The van der Waals surface area contributed by atoms with Crippen LogP contribution in [0, 0.1) is 0 Å². The molecule has 1 amide bonds. The predicted octanol–water partition coefficient (Wildman–Crippen LogP) is -0.367. The number of aliphatic hydroxyl groups excluding tert-OH is 1. The van der Waals surface area contributed by atoms with Gasteiger partial charge < -0.3 is 20.6 Å².